The summed E-state index contributed by atoms with van der Waals surface area (Å²) < 4.78 is 13.4. The van der Waals surface area contributed by atoms with Gasteiger partial charge in [0.05, 0.1) is 0 Å². The maximum atomic E-state index is 13.4. The quantitative estimate of drug-likeness (QED) is 0.733. The van der Waals surface area contributed by atoms with Crippen LogP contribution in [0.2, 0.25) is 0 Å². The van der Waals surface area contributed by atoms with Gasteiger partial charge in [0.25, 0.3) is 0 Å². The van der Waals surface area contributed by atoms with E-state index in [1.165, 1.54) is 18.2 Å². The van der Waals surface area contributed by atoms with Crippen molar-refractivity contribution in [3.63, 3.8) is 0 Å². The fourth-order valence-corrected chi connectivity index (χ4v) is 2.42. The van der Waals surface area contributed by atoms with Gasteiger partial charge in [0.1, 0.15) is 11.2 Å². The van der Waals surface area contributed by atoms with Crippen LogP contribution in [0.5, 0.6) is 0 Å². The molecule has 0 heterocycles. The average Bonchev–Trinajstić information content (AvgIpc) is 2.44. The summed E-state index contributed by atoms with van der Waals surface area (Å²) in [5, 5.41) is 9.67. The van der Waals surface area contributed by atoms with Gasteiger partial charge < -0.3 is 16.6 Å². The summed E-state index contributed by atoms with van der Waals surface area (Å²) in [6.45, 7) is -0.138. The van der Waals surface area contributed by atoms with E-state index in [1.807, 2.05) is 0 Å². The normalized spacial score (nSPS) is 13.6. The molecular formula is C16H17FN2O2. The minimum Gasteiger partial charge on any atom is -0.481 e. The number of aliphatic carboxylic acids is 1. The molecule has 0 fully saturated rings. The third-order valence-corrected chi connectivity index (χ3v) is 3.59. The second kappa shape index (κ2) is 5.93. The summed E-state index contributed by atoms with van der Waals surface area (Å²) in [4.78, 5) is 11.8. The second-order valence-electron chi connectivity index (χ2n) is 5.02. The molecule has 110 valence electrons. The predicted molar refractivity (Wildman–Crippen MR) is 79.3 cm³/mol. The van der Waals surface area contributed by atoms with Crippen molar-refractivity contribution in [2.24, 2.45) is 5.73 Å². The summed E-state index contributed by atoms with van der Waals surface area (Å²) in [6.07, 6.45) is 0.146. The topological polar surface area (TPSA) is 89.3 Å². The molecule has 21 heavy (non-hydrogen) atoms. The van der Waals surface area contributed by atoms with Gasteiger partial charge in [-0.25, -0.2) is 4.39 Å². The smallest absolute Gasteiger partial charge is 0.315 e. The Morgan fingerprint density at radius 1 is 1.19 bits per heavy atom. The van der Waals surface area contributed by atoms with Crippen LogP contribution in [0.15, 0.2) is 48.5 Å². The highest BCUT2D eigenvalue weighted by Gasteiger charge is 2.39. The zero-order valence-corrected chi connectivity index (χ0v) is 11.4. The van der Waals surface area contributed by atoms with Gasteiger partial charge in [-0.15, -0.1) is 0 Å². The summed E-state index contributed by atoms with van der Waals surface area (Å²) in [7, 11) is 0. The number of anilines is 1. The molecule has 0 saturated heterocycles. The standard InChI is InChI=1S/C16H17FN2O2/c17-13-5-2-4-12(8-13)16(10-18,15(20)21)9-11-3-1-6-14(19)7-11/h1-8H,9-10,18-19H2,(H,20,21). The Bertz CT molecular complexity index is 660. The molecule has 0 aliphatic heterocycles. The molecule has 0 bridgehead atoms. The zero-order chi connectivity index (χ0) is 15.5. The SMILES string of the molecule is NCC(Cc1cccc(N)c1)(C(=O)O)c1cccc(F)c1. The molecule has 0 radical (unpaired) electrons. The Kier molecular flexibility index (Phi) is 4.23. The summed E-state index contributed by atoms with van der Waals surface area (Å²) in [6, 6.07) is 12.5. The summed E-state index contributed by atoms with van der Waals surface area (Å²) >= 11 is 0. The van der Waals surface area contributed by atoms with Gasteiger partial charge in [-0.05, 0) is 41.8 Å². The van der Waals surface area contributed by atoms with Crippen LogP contribution < -0.4 is 11.5 Å². The molecule has 4 nitrogen and oxygen atoms in total. The van der Waals surface area contributed by atoms with Gasteiger partial charge in [0.15, 0.2) is 0 Å². The lowest BCUT2D eigenvalue weighted by Gasteiger charge is -2.29. The van der Waals surface area contributed by atoms with E-state index in [9.17, 15) is 14.3 Å². The number of nitrogen functional groups attached to an aromatic ring is 1. The van der Waals surface area contributed by atoms with Crippen LogP contribution in [-0.4, -0.2) is 17.6 Å². The van der Waals surface area contributed by atoms with Crippen LogP contribution in [0.3, 0.4) is 0 Å². The first kappa shape index (κ1) is 15.0. The van der Waals surface area contributed by atoms with E-state index in [4.69, 9.17) is 11.5 Å². The molecule has 0 amide bonds. The number of hydrogen-bond donors (Lipinski definition) is 3. The minimum atomic E-state index is -1.38. The van der Waals surface area contributed by atoms with Crippen LogP contribution in [0.25, 0.3) is 0 Å². The monoisotopic (exact) mass is 288 g/mol. The predicted octanol–water partition coefficient (Wildman–Crippen LogP) is 1.93. The zero-order valence-electron chi connectivity index (χ0n) is 11.4. The molecule has 5 N–H and O–H groups in total. The van der Waals surface area contributed by atoms with Crippen LogP contribution in [0, 0.1) is 5.82 Å². The van der Waals surface area contributed by atoms with Gasteiger partial charge in [0.2, 0.25) is 0 Å². The Hall–Kier alpha value is -2.40. The number of carboxylic acid groups (broad SMARTS) is 1. The Morgan fingerprint density at radius 3 is 2.48 bits per heavy atom. The highest BCUT2D eigenvalue weighted by atomic mass is 19.1. The molecule has 0 spiro atoms. The highest BCUT2D eigenvalue weighted by molar-refractivity contribution is 5.82. The lowest BCUT2D eigenvalue weighted by molar-refractivity contribution is -0.143. The van der Waals surface area contributed by atoms with Crippen molar-refractivity contribution >= 4 is 11.7 Å². The number of hydrogen-bond acceptors (Lipinski definition) is 3. The van der Waals surface area contributed by atoms with E-state index in [0.29, 0.717) is 11.3 Å². The Balaban J connectivity index is 2.49. The van der Waals surface area contributed by atoms with Crippen molar-refractivity contribution in [3.05, 3.63) is 65.5 Å². The van der Waals surface area contributed by atoms with E-state index >= 15 is 0 Å². The Morgan fingerprint density at radius 2 is 1.90 bits per heavy atom. The first-order valence-electron chi connectivity index (χ1n) is 6.52. The number of carbonyl (C=O) groups is 1. The molecule has 0 aliphatic carbocycles. The van der Waals surface area contributed by atoms with Crippen LogP contribution in [-0.2, 0) is 16.6 Å². The number of halogens is 1. The molecule has 2 aromatic carbocycles. The lowest BCUT2D eigenvalue weighted by Crippen LogP contribution is -2.45. The van der Waals surface area contributed by atoms with Crippen LogP contribution >= 0.6 is 0 Å². The highest BCUT2D eigenvalue weighted by Crippen LogP contribution is 2.29. The Labute approximate surface area is 122 Å². The first-order chi connectivity index (χ1) is 9.98. The van der Waals surface area contributed by atoms with Crippen LogP contribution in [0.4, 0.5) is 10.1 Å². The number of nitrogens with two attached hydrogens (primary N) is 2. The van der Waals surface area contributed by atoms with Gasteiger partial charge in [-0.1, -0.05) is 24.3 Å². The fraction of sp³-hybridized carbons (Fsp3) is 0.188. The fourth-order valence-electron chi connectivity index (χ4n) is 2.42. The minimum absolute atomic E-state index is 0.138. The van der Waals surface area contributed by atoms with Crippen molar-refractivity contribution in [1.82, 2.24) is 0 Å². The second-order valence-corrected chi connectivity index (χ2v) is 5.02. The molecule has 0 aliphatic rings. The third kappa shape index (κ3) is 3.03. The van der Waals surface area contributed by atoms with E-state index in [2.05, 4.69) is 0 Å². The van der Waals surface area contributed by atoms with Gasteiger partial charge in [-0.2, -0.15) is 0 Å². The van der Waals surface area contributed by atoms with Crippen molar-refractivity contribution in [3.8, 4) is 0 Å². The van der Waals surface area contributed by atoms with E-state index in [0.717, 1.165) is 5.56 Å². The molecule has 0 saturated carbocycles. The first-order valence-corrected chi connectivity index (χ1v) is 6.52. The number of carboxylic acids is 1. The molecule has 1 atom stereocenters. The van der Waals surface area contributed by atoms with Gasteiger partial charge >= 0.3 is 5.97 Å². The van der Waals surface area contributed by atoms with Gasteiger partial charge in [0, 0.05) is 12.2 Å². The lowest BCUT2D eigenvalue weighted by atomic mass is 9.75. The number of benzene rings is 2. The van der Waals surface area contributed by atoms with Crippen molar-refractivity contribution in [2.75, 3.05) is 12.3 Å². The maximum absolute atomic E-state index is 13.4. The van der Waals surface area contributed by atoms with Crippen LogP contribution in [0.1, 0.15) is 11.1 Å². The molecule has 1 unspecified atom stereocenters. The largest absolute Gasteiger partial charge is 0.481 e. The molecular weight excluding hydrogens is 271 g/mol. The molecule has 5 heteroatoms. The van der Waals surface area contributed by atoms with E-state index in [-0.39, 0.29) is 13.0 Å². The molecule has 0 aromatic heterocycles. The maximum Gasteiger partial charge on any atom is 0.315 e. The molecule has 2 rings (SSSR count). The van der Waals surface area contributed by atoms with Crippen molar-refractivity contribution < 1.29 is 14.3 Å². The molecule has 2 aromatic rings. The van der Waals surface area contributed by atoms with E-state index in [1.54, 1.807) is 30.3 Å². The average molecular weight is 288 g/mol. The van der Waals surface area contributed by atoms with Crippen molar-refractivity contribution in [2.45, 2.75) is 11.8 Å². The van der Waals surface area contributed by atoms with Crippen molar-refractivity contribution in [1.29, 1.82) is 0 Å². The number of rotatable bonds is 5. The third-order valence-electron chi connectivity index (χ3n) is 3.59. The summed E-state index contributed by atoms with van der Waals surface area (Å²) in [5.74, 6) is -1.57. The summed E-state index contributed by atoms with van der Waals surface area (Å²) in [5.41, 5.74) is 11.7. The van der Waals surface area contributed by atoms with E-state index < -0.39 is 17.2 Å². The van der Waals surface area contributed by atoms with Gasteiger partial charge in [-0.3, -0.25) is 4.79 Å².